The minimum absolute atomic E-state index is 0.147. The largest absolute Gasteiger partial charge is 0.480 e. The molecule has 0 spiro atoms. The second kappa shape index (κ2) is 5.56. The molecule has 1 aromatic heterocycles. The van der Waals surface area contributed by atoms with Gasteiger partial charge in [-0.15, -0.1) is 0 Å². The average molecular weight is 287 g/mol. The van der Waals surface area contributed by atoms with Crippen molar-refractivity contribution >= 4 is 17.7 Å². The van der Waals surface area contributed by atoms with Crippen LogP contribution in [0.25, 0.3) is 0 Å². The number of carbonyl (C=O) groups excluding carboxylic acids is 1. The summed E-state index contributed by atoms with van der Waals surface area (Å²) in [5.74, 6) is -4.27. The van der Waals surface area contributed by atoms with E-state index in [9.17, 15) is 18.4 Å². The van der Waals surface area contributed by atoms with Gasteiger partial charge in [-0.25, -0.2) is 8.78 Å². The molecule has 20 heavy (non-hydrogen) atoms. The van der Waals surface area contributed by atoms with Crippen LogP contribution >= 0.6 is 0 Å². The van der Waals surface area contributed by atoms with Gasteiger partial charge in [-0.1, -0.05) is 0 Å². The van der Waals surface area contributed by atoms with Crippen molar-refractivity contribution in [1.29, 1.82) is 0 Å². The van der Waals surface area contributed by atoms with E-state index in [1.165, 1.54) is 16.9 Å². The molecule has 8 heteroatoms. The number of hydrogen-bond donors (Lipinski definition) is 2. The number of amides is 1. The average Bonchev–Trinajstić information content (AvgIpc) is 2.75. The molecule has 0 bridgehead atoms. The van der Waals surface area contributed by atoms with Crippen LogP contribution in [0.15, 0.2) is 12.3 Å². The van der Waals surface area contributed by atoms with Crippen molar-refractivity contribution in [2.45, 2.75) is 38.2 Å². The number of carboxylic acids is 1. The fourth-order valence-electron chi connectivity index (χ4n) is 2.19. The smallest absolute Gasteiger partial charge is 0.325 e. The van der Waals surface area contributed by atoms with Crippen LogP contribution in [0.5, 0.6) is 0 Å². The zero-order chi connectivity index (χ0) is 14.8. The van der Waals surface area contributed by atoms with E-state index in [0.717, 1.165) is 0 Å². The zero-order valence-corrected chi connectivity index (χ0v) is 10.7. The predicted molar refractivity (Wildman–Crippen MR) is 65.4 cm³/mol. The highest BCUT2D eigenvalue weighted by atomic mass is 19.3. The van der Waals surface area contributed by atoms with Crippen LogP contribution in [-0.2, 0) is 16.1 Å². The summed E-state index contributed by atoms with van der Waals surface area (Å²) >= 11 is 0. The van der Waals surface area contributed by atoms with Gasteiger partial charge in [0.15, 0.2) is 5.82 Å². The van der Waals surface area contributed by atoms with Crippen molar-refractivity contribution in [3.8, 4) is 0 Å². The lowest BCUT2D eigenvalue weighted by molar-refractivity contribution is -0.137. The van der Waals surface area contributed by atoms with E-state index < -0.39 is 17.8 Å². The summed E-state index contributed by atoms with van der Waals surface area (Å²) < 4.78 is 27.2. The van der Waals surface area contributed by atoms with Crippen LogP contribution in [0.2, 0.25) is 0 Å². The highest BCUT2D eigenvalue weighted by molar-refractivity contribution is 5.91. The Balaban J connectivity index is 1.88. The second-order valence-corrected chi connectivity index (χ2v) is 4.91. The minimum Gasteiger partial charge on any atom is -0.480 e. The fraction of sp³-hybridized carbons (Fsp3) is 0.583. The summed E-state index contributed by atoms with van der Waals surface area (Å²) in [4.78, 5) is 22.4. The van der Waals surface area contributed by atoms with Gasteiger partial charge in [-0.3, -0.25) is 14.3 Å². The van der Waals surface area contributed by atoms with E-state index in [1.54, 1.807) is 0 Å². The summed E-state index contributed by atoms with van der Waals surface area (Å²) in [5.41, 5.74) is 0. The van der Waals surface area contributed by atoms with Crippen molar-refractivity contribution in [1.82, 2.24) is 9.78 Å². The van der Waals surface area contributed by atoms with Gasteiger partial charge < -0.3 is 10.4 Å². The van der Waals surface area contributed by atoms with Gasteiger partial charge in [0, 0.05) is 31.0 Å². The third-order valence-electron chi connectivity index (χ3n) is 3.28. The number of rotatable bonds is 4. The topological polar surface area (TPSA) is 84.2 Å². The van der Waals surface area contributed by atoms with Crippen LogP contribution in [0.1, 0.15) is 25.7 Å². The Kier molecular flexibility index (Phi) is 4.01. The molecular weight excluding hydrogens is 272 g/mol. The minimum atomic E-state index is -2.67. The van der Waals surface area contributed by atoms with E-state index >= 15 is 0 Å². The number of hydrogen-bond acceptors (Lipinski definition) is 3. The molecule has 1 saturated carbocycles. The summed E-state index contributed by atoms with van der Waals surface area (Å²) in [5, 5.41) is 15.0. The Morgan fingerprint density at radius 2 is 2.10 bits per heavy atom. The Bertz CT molecular complexity index is 506. The maximum atomic E-state index is 13.0. The van der Waals surface area contributed by atoms with Crippen molar-refractivity contribution < 1.29 is 23.5 Å². The van der Waals surface area contributed by atoms with Gasteiger partial charge in [-0.2, -0.15) is 5.10 Å². The molecule has 0 unspecified atom stereocenters. The van der Waals surface area contributed by atoms with Crippen LogP contribution in [0, 0.1) is 5.92 Å². The second-order valence-electron chi connectivity index (χ2n) is 4.91. The summed E-state index contributed by atoms with van der Waals surface area (Å²) in [6.45, 7) is -0.300. The summed E-state index contributed by atoms with van der Waals surface area (Å²) in [6.07, 6.45) is 1.17. The van der Waals surface area contributed by atoms with Crippen LogP contribution in [0.4, 0.5) is 14.6 Å². The van der Waals surface area contributed by atoms with Gasteiger partial charge in [-0.05, 0) is 12.8 Å². The lowest BCUT2D eigenvalue weighted by Crippen LogP contribution is -2.31. The van der Waals surface area contributed by atoms with Gasteiger partial charge in [0.1, 0.15) is 6.54 Å². The molecule has 1 fully saturated rings. The van der Waals surface area contributed by atoms with Gasteiger partial charge in [0.25, 0.3) is 0 Å². The molecule has 2 rings (SSSR count). The van der Waals surface area contributed by atoms with Gasteiger partial charge in [0.2, 0.25) is 11.8 Å². The highest BCUT2D eigenvalue weighted by Gasteiger charge is 2.37. The van der Waals surface area contributed by atoms with Gasteiger partial charge in [0.05, 0.1) is 0 Å². The Hall–Kier alpha value is -1.99. The van der Waals surface area contributed by atoms with Crippen LogP contribution in [0.3, 0.4) is 0 Å². The summed E-state index contributed by atoms with van der Waals surface area (Å²) in [6, 6.07) is 1.47. The van der Waals surface area contributed by atoms with Crippen molar-refractivity contribution in [2.24, 2.45) is 5.92 Å². The number of alkyl halides is 2. The van der Waals surface area contributed by atoms with E-state index in [4.69, 9.17) is 5.11 Å². The molecule has 2 N–H and O–H groups in total. The molecular formula is C12H15F2N3O3. The first-order valence-corrected chi connectivity index (χ1v) is 6.30. The summed E-state index contributed by atoms with van der Waals surface area (Å²) in [7, 11) is 0. The molecule has 1 heterocycles. The number of anilines is 1. The molecule has 1 aliphatic rings. The molecule has 1 aliphatic carbocycles. The molecule has 110 valence electrons. The molecule has 0 aliphatic heterocycles. The van der Waals surface area contributed by atoms with E-state index in [2.05, 4.69) is 10.4 Å². The normalized spacial score (nSPS) is 18.7. The van der Waals surface area contributed by atoms with Gasteiger partial charge >= 0.3 is 5.97 Å². The first-order valence-electron chi connectivity index (χ1n) is 6.30. The lowest BCUT2D eigenvalue weighted by Gasteiger charge is -2.27. The quantitative estimate of drug-likeness (QED) is 0.883. The SMILES string of the molecule is O=C(O)Cn1ccc(NC(=O)C2CCC(F)(F)CC2)n1. The van der Waals surface area contributed by atoms with E-state index in [0.29, 0.717) is 0 Å². The standard InChI is InChI=1S/C12H15F2N3O3/c13-12(14)4-1-8(2-5-12)11(20)15-9-3-6-17(16-9)7-10(18)19/h3,6,8H,1-2,4-5,7H2,(H,18,19)(H,15,16,20). The van der Waals surface area contributed by atoms with E-state index in [-0.39, 0.29) is 44.0 Å². The third kappa shape index (κ3) is 3.75. The molecule has 0 radical (unpaired) electrons. The Morgan fingerprint density at radius 3 is 2.70 bits per heavy atom. The fourth-order valence-corrected chi connectivity index (χ4v) is 2.19. The van der Waals surface area contributed by atoms with E-state index in [1.807, 2.05) is 0 Å². The maximum Gasteiger partial charge on any atom is 0.325 e. The predicted octanol–water partition coefficient (Wildman–Crippen LogP) is 1.73. The lowest BCUT2D eigenvalue weighted by atomic mass is 9.86. The van der Waals surface area contributed by atoms with Crippen molar-refractivity contribution in [3.05, 3.63) is 12.3 Å². The highest BCUT2D eigenvalue weighted by Crippen LogP contribution is 2.36. The first-order chi connectivity index (χ1) is 9.35. The zero-order valence-electron chi connectivity index (χ0n) is 10.7. The molecule has 1 aromatic rings. The number of nitrogens with zero attached hydrogens (tertiary/aromatic N) is 2. The molecule has 0 aromatic carbocycles. The molecule has 6 nitrogen and oxygen atoms in total. The van der Waals surface area contributed by atoms with Crippen LogP contribution in [-0.4, -0.2) is 32.7 Å². The third-order valence-corrected chi connectivity index (χ3v) is 3.28. The van der Waals surface area contributed by atoms with Crippen LogP contribution < -0.4 is 5.32 Å². The molecule has 0 saturated heterocycles. The number of aromatic nitrogens is 2. The Labute approximate surface area is 113 Å². The number of halogens is 2. The van der Waals surface area contributed by atoms with Crippen molar-refractivity contribution in [3.63, 3.8) is 0 Å². The number of carboxylic acid groups (broad SMARTS) is 1. The monoisotopic (exact) mass is 287 g/mol. The number of nitrogens with one attached hydrogen (secondary N) is 1. The van der Waals surface area contributed by atoms with Crippen molar-refractivity contribution in [2.75, 3.05) is 5.32 Å². The Morgan fingerprint density at radius 1 is 1.45 bits per heavy atom. The maximum absolute atomic E-state index is 13.0. The number of carbonyl (C=O) groups is 2. The number of aliphatic carboxylic acids is 1. The molecule has 1 amide bonds. The first kappa shape index (κ1) is 14.4. The molecule has 0 atom stereocenters.